The molecule has 1 saturated heterocycles. The van der Waals surface area contributed by atoms with Gasteiger partial charge in [-0.1, -0.05) is 0 Å². The zero-order valence-corrected chi connectivity index (χ0v) is 13.0. The number of fused-ring (bicyclic) bond motifs is 1. The molecule has 1 fully saturated rings. The lowest BCUT2D eigenvalue weighted by atomic mass is 9.96. The fourth-order valence-electron chi connectivity index (χ4n) is 2.78. The number of aliphatic hydroxyl groups excluding tert-OH is 3. The molecule has 3 rings (SSSR count). The van der Waals surface area contributed by atoms with Gasteiger partial charge < -0.3 is 34.5 Å². The Morgan fingerprint density at radius 1 is 1.21 bits per heavy atom. The van der Waals surface area contributed by atoms with Crippen molar-refractivity contribution in [2.24, 2.45) is 0 Å². The van der Waals surface area contributed by atoms with E-state index in [1.807, 2.05) is 0 Å². The summed E-state index contributed by atoms with van der Waals surface area (Å²) in [5, 5.41) is 33.3. The first-order chi connectivity index (χ1) is 11.5. The van der Waals surface area contributed by atoms with Gasteiger partial charge in [-0.3, -0.25) is 0 Å². The van der Waals surface area contributed by atoms with Gasteiger partial charge in [-0.25, -0.2) is 4.79 Å². The molecular weight excluding hydrogens is 318 g/mol. The van der Waals surface area contributed by atoms with E-state index in [1.54, 1.807) is 24.3 Å². The smallest absolute Gasteiger partial charge is 0.336 e. The van der Waals surface area contributed by atoms with Crippen LogP contribution >= 0.6 is 0 Å². The molecule has 1 aliphatic heterocycles. The normalized spacial score (nSPS) is 30.4. The molecule has 4 N–H and O–H groups in total. The van der Waals surface area contributed by atoms with E-state index in [1.165, 1.54) is 13.2 Å². The van der Waals surface area contributed by atoms with Crippen LogP contribution in [0.15, 0.2) is 39.5 Å². The van der Waals surface area contributed by atoms with Gasteiger partial charge in [0.2, 0.25) is 0 Å². The molecule has 1 aliphatic rings. The molecule has 8 nitrogen and oxygen atoms in total. The Hall–Kier alpha value is -1.97. The fraction of sp³-hybridized carbons (Fsp3) is 0.438. The summed E-state index contributed by atoms with van der Waals surface area (Å²) in [7, 11) is 1.40. The Labute approximate surface area is 137 Å². The molecule has 0 amide bonds. The van der Waals surface area contributed by atoms with Crippen LogP contribution in [0.5, 0.6) is 0 Å². The van der Waals surface area contributed by atoms with Crippen molar-refractivity contribution in [2.45, 2.75) is 30.6 Å². The minimum absolute atomic E-state index is 0.390. The first-order valence-corrected chi connectivity index (χ1v) is 7.49. The van der Waals surface area contributed by atoms with E-state index < -0.39 is 42.9 Å². The van der Waals surface area contributed by atoms with E-state index in [-0.39, 0.29) is 0 Å². The van der Waals surface area contributed by atoms with Crippen LogP contribution in [-0.2, 0) is 9.47 Å². The second-order valence-corrected chi connectivity index (χ2v) is 5.62. The fourth-order valence-corrected chi connectivity index (χ4v) is 2.78. The molecule has 8 heteroatoms. The highest BCUT2D eigenvalue weighted by Crippen LogP contribution is 2.26. The third kappa shape index (κ3) is 3.14. The molecule has 0 aliphatic carbocycles. The maximum atomic E-state index is 11.3. The third-order valence-corrected chi connectivity index (χ3v) is 4.07. The predicted octanol–water partition coefficient (Wildman–Crippen LogP) is -0.341. The van der Waals surface area contributed by atoms with Gasteiger partial charge in [-0.2, -0.15) is 0 Å². The van der Waals surface area contributed by atoms with Gasteiger partial charge in [0, 0.05) is 30.3 Å². The number of ether oxygens (including phenoxy) is 2. The van der Waals surface area contributed by atoms with Gasteiger partial charge in [0.05, 0.1) is 6.61 Å². The van der Waals surface area contributed by atoms with Crippen LogP contribution in [0, 0.1) is 0 Å². The first kappa shape index (κ1) is 16.9. The number of methoxy groups -OCH3 is 1. The standard InChI is InChI=1S/C16H19NO7/c1-22-16-13(15(21)14(20)11(7-18)24-16)17-9-4-2-8-3-5-12(19)23-10(8)6-9/h2-6,11,13-18,20-21H,7H2,1H3. The minimum atomic E-state index is -1.27. The van der Waals surface area contributed by atoms with Gasteiger partial charge in [-0.05, 0) is 18.2 Å². The van der Waals surface area contributed by atoms with Gasteiger partial charge in [0.15, 0.2) is 6.29 Å². The number of rotatable bonds is 4. The monoisotopic (exact) mass is 337 g/mol. The summed E-state index contributed by atoms with van der Waals surface area (Å²) in [5.41, 5.74) is 0.485. The van der Waals surface area contributed by atoms with E-state index in [2.05, 4.69) is 5.32 Å². The molecule has 24 heavy (non-hydrogen) atoms. The second-order valence-electron chi connectivity index (χ2n) is 5.62. The number of anilines is 1. The molecule has 130 valence electrons. The average molecular weight is 337 g/mol. The molecule has 0 saturated carbocycles. The quantitative estimate of drug-likeness (QED) is 0.559. The summed E-state index contributed by atoms with van der Waals surface area (Å²) < 4.78 is 15.8. The number of hydrogen-bond acceptors (Lipinski definition) is 8. The Kier molecular flexibility index (Phi) is 4.83. The SMILES string of the molecule is COC1OC(CO)C(O)C(O)C1Nc1ccc2ccc(=O)oc2c1. The van der Waals surface area contributed by atoms with Crippen LogP contribution in [0.2, 0.25) is 0 Å². The summed E-state index contributed by atoms with van der Waals surface area (Å²) >= 11 is 0. The number of nitrogens with one attached hydrogen (secondary N) is 1. The third-order valence-electron chi connectivity index (χ3n) is 4.07. The van der Waals surface area contributed by atoms with E-state index in [0.29, 0.717) is 11.3 Å². The van der Waals surface area contributed by atoms with Gasteiger partial charge in [-0.15, -0.1) is 0 Å². The first-order valence-electron chi connectivity index (χ1n) is 7.49. The number of benzene rings is 1. The van der Waals surface area contributed by atoms with Crippen LogP contribution in [0.1, 0.15) is 0 Å². The highest BCUT2D eigenvalue weighted by Gasteiger charge is 2.44. The summed E-state index contributed by atoms with van der Waals surface area (Å²) in [6.45, 7) is -0.439. The molecule has 2 heterocycles. The molecule has 5 unspecified atom stereocenters. The highest BCUT2D eigenvalue weighted by atomic mass is 16.7. The Morgan fingerprint density at radius 3 is 2.67 bits per heavy atom. The largest absolute Gasteiger partial charge is 0.423 e. The number of aliphatic hydroxyl groups is 3. The van der Waals surface area contributed by atoms with Crippen molar-refractivity contribution < 1.29 is 29.2 Å². The summed E-state index contributed by atoms with van der Waals surface area (Å²) in [4.78, 5) is 11.3. The Morgan fingerprint density at radius 2 is 1.96 bits per heavy atom. The zero-order chi connectivity index (χ0) is 17.3. The van der Waals surface area contributed by atoms with Gasteiger partial charge in [0.1, 0.15) is 29.9 Å². The number of hydrogen-bond donors (Lipinski definition) is 4. The van der Waals surface area contributed by atoms with Crippen molar-refractivity contribution in [3.63, 3.8) is 0 Å². The molecular formula is C16H19NO7. The molecule has 5 atom stereocenters. The lowest BCUT2D eigenvalue weighted by Gasteiger charge is -2.42. The molecule has 0 spiro atoms. The lowest BCUT2D eigenvalue weighted by molar-refractivity contribution is -0.254. The van der Waals surface area contributed by atoms with Crippen LogP contribution in [-0.4, -0.2) is 59.7 Å². The topological polar surface area (TPSA) is 121 Å². The molecule has 0 radical (unpaired) electrons. The van der Waals surface area contributed by atoms with E-state index in [9.17, 15) is 20.1 Å². The summed E-state index contributed by atoms with van der Waals surface area (Å²) in [5.74, 6) is 0. The van der Waals surface area contributed by atoms with Gasteiger partial charge in [0.25, 0.3) is 0 Å². The molecule has 2 aromatic rings. The van der Waals surface area contributed by atoms with E-state index in [4.69, 9.17) is 13.9 Å². The Balaban J connectivity index is 1.86. The second kappa shape index (κ2) is 6.88. The van der Waals surface area contributed by atoms with Crippen molar-refractivity contribution in [3.8, 4) is 0 Å². The Bertz CT molecular complexity index is 759. The van der Waals surface area contributed by atoms with Crippen LogP contribution in [0.25, 0.3) is 11.0 Å². The van der Waals surface area contributed by atoms with Crippen molar-refractivity contribution in [2.75, 3.05) is 19.0 Å². The average Bonchev–Trinajstić information content (AvgIpc) is 2.59. The van der Waals surface area contributed by atoms with Crippen molar-refractivity contribution >= 4 is 16.7 Å². The molecule has 1 aromatic carbocycles. The minimum Gasteiger partial charge on any atom is -0.423 e. The predicted molar refractivity (Wildman–Crippen MR) is 84.7 cm³/mol. The van der Waals surface area contributed by atoms with Crippen LogP contribution < -0.4 is 10.9 Å². The lowest BCUT2D eigenvalue weighted by Crippen LogP contribution is -2.61. The van der Waals surface area contributed by atoms with Crippen molar-refractivity contribution in [3.05, 3.63) is 40.8 Å². The van der Waals surface area contributed by atoms with Gasteiger partial charge >= 0.3 is 5.63 Å². The zero-order valence-electron chi connectivity index (χ0n) is 13.0. The van der Waals surface area contributed by atoms with E-state index in [0.717, 1.165) is 5.39 Å². The van der Waals surface area contributed by atoms with Crippen LogP contribution in [0.4, 0.5) is 5.69 Å². The van der Waals surface area contributed by atoms with Crippen LogP contribution in [0.3, 0.4) is 0 Å². The summed E-state index contributed by atoms with van der Waals surface area (Å²) in [6, 6.07) is 7.32. The van der Waals surface area contributed by atoms with Crippen molar-refractivity contribution in [1.29, 1.82) is 0 Å². The van der Waals surface area contributed by atoms with E-state index >= 15 is 0 Å². The maximum absolute atomic E-state index is 11.3. The molecule has 1 aromatic heterocycles. The summed E-state index contributed by atoms with van der Waals surface area (Å²) in [6.07, 6.45) is -4.30. The maximum Gasteiger partial charge on any atom is 0.336 e. The van der Waals surface area contributed by atoms with Crippen molar-refractivity contribution in [1.82, 2.24) is 0 Å². The highest BCUT2D eigenvalue weighted by molar-refractivity contribution is 5.80. The molecule has 0 bridgehead atoms.